The van der Waals surface area contributed by atoms with Crippen molar-refractivity contribution in [1.82, 2.24) is 4.90 Å². The van der Waals surface area contributed by atoms with Crippen LogP contribution >= 0.6 is 11.8 Å². The normalized spacial score (nSPS) is 25.1. The van der Waals surface area contributed by atoms with E-state index in [-0.39, 0.29) is 23.0 Å². The predicted molar refractivity (Wildman–Crippen MR) is 144 cm³/mol. The zero-order valence-electron chi connectivity index (χ0n) is 21.6. The molecular weight excluding hydrogens is 448 g/mol. The molecule has 6 atom stereocenters. The van der Waals surface area contributed by atoms with Gasteiger partial charge in [-0.15, -0.1) is 11.8 Å². The highest BCUT2D eigenvalue weighted by Gasteiger charge is 2.39. The molecule has 0 radical (unpaired) electrons. The zero-order chi connectivity index (χ0) is 25.3. The number of rotatable bonds is 19. The van der Waals surface area contributed by atoms with Crippen molar-refractivity contribution >= 4 is 17.5 Å². The molecule has 1 saturated carbocycles. The summed E-state index contributed by atoms with van der Waals surface area (Å²) in [6.07, 6.45) is 14.9. The summed E-state index contributed by atoms with van der Waals surface area (Å²) in [7, 11) is 4.11. The average Bonchev–Trinajstić information content (AvgIpc) is 3.04. The van der Waals surface area contributed by atoms with E-state index in [1.165, 1.54) is 0 Å². The Morgan fingerprint density at radius 2 is 1.91 bits per heavy atom. The van der Waals surface area contributed by atoms with Crippen LogP contribution in [0.4, 0.5) is 0 Å². The second-order valence-corrected chi connectivity index (χ2v) is 11.3. The first kappa shape index (κ1) is 31.3. The largest absolute Gasteiger partial charge is 0.393 e. The molecule has 7 heteroatoms. The van der Waals surface area contributed by atoms with E-state index in [2.05, 4.69) is 38.1 Å². The van der Waals surface area contributed by atoms with E-state index < -0.39 is 18.3 Å². The summed E-state index contributed by atoms with van der Waals surface area (Å²) in [6, 6.07) is 0. The van der Waals surface area contributed by atoms with Crippen molar-refractivity contribution < 1.29 is 20.1 Å². The molecule has 0 aromatic carbocycles. The SMILES string of the molecule is CCCCC[C@H](O)/C=C/[C@@H]1[C@@H](C/C=C\CCCC(=O)CC(N)SCCCN(C)C)[C@@H](O)C[C@H]1O. The van der Waals surface area contributed by atoms with Gasteiger partial charge in [0.25, 0.3) is 0 Å². The Hall–Kier alpha value is -0.700. The van der Waals surface area contributed by atoms with Crippen LogP contribution in [0.25, 0.3) is 0 Å². The lowest BCUT2D eigenvalue weighted by atomic mass is 9.89. The maximum Gasteiger partial charge on any atom is 0.135 e. The molecule has 1 aliphatic rings. The Morgan fingerprint density at radius 3 is 2.62 bits per heavy atom. The van der Waals surface area contributed by atoms with Gasteiger partial charge in [-0.2, -0.15) is 0 Å². The first-order valence-corrected chi connectivity index (χ1v) is 14.2. The van der Waals surface area contributed by atoms with Crippen LogP contribution in [0.5, 0.6) is 0 Å². The number of unbranched alkanes of at least 4 members (excludes halogenated alkanes) is 3. The standard InChI is InChI=1S/C27H50N2O4S/c1-4-5-8-12-21(30)15-16-24-23(25(32)20-26(24)33)14-10-7-6-9-13-22(31)19-27(28)34-18-11-17-29(2)3/h7,10,15-16,21,23-27,30,32-33H,4-6,8-9,11-14,17-20,28H2,1-3H3/b10-7-,16-15+/t21-,23+,24+,25-,26+,27?/m0/s1. The Bertz CT molecular complexity index is 599. The molecule has 5 N–H and O–H groups in total. The van der Waals surface area contributed by atoms with Crippen LogP contribution in [0, 0.1) is 11.8 Å². The van der Waals surface area contributed by atoms with Gasteiger partial charge in [-0.05, 0) is 64.4 Å². The maximum absolute atomic E-state index is 12.2. The number of nitrogens with two attached hydrogens (primary N) is 1. The molecule has 0 aromatic heterocycles. The Labute approximate surface area is 212 Å². The van der Waals surface area contributed by atoms with Crippen molar-refractivity contribution in [1.29, 1.82) is 0 Å². The summed E-state index contributed by atoms with van der Waals surface area (Å²) in [5.41, 5.74) is 6.07. The zero-order valence-corrected chi connectivity index (χ0v) is 22.5. The highest BCUT2D eigenvalue weighted by Crippen LogP contribution is 2.36. The van der Waals surface area contributed by atoms with Gasteiger partial charge in [0, 0.05) is 25.2 Å². The molecule has 0 spiro atoms. The first-order chi connectivity index (χ1) is 16.2. The number of thioether (sulfide) groups is 1. The molecule has 0 aromatic rings. The number of hydrogen-bond donors (Lipinski definition) is 4. The van der Waals surface area contributed by atoms with E-state index in [4.69, 9.17) is 5.73 Å². The van der Waals surface area contributed by atoms with Crippen molar-refractivity contribution in [2.24, 2.45) is 17.6 Å². The highest BCUT2D eigenvalue weighted by molar-refractivity contribution is 7.99. The quantitative estimate of drug-likeness (QED) is 0.122. The van der Waals surface area contributed by atoms with E-state index in [0.717, 1.165) is 57.2 Å². The second kappa shape index (κ2) is 18.6. The lowest BCUT2D eigenvalue weighted by Crippen LogP contribution is -2.21. The van der Waals surface area contributed by atoms with Gasteiger partial charge in [0.05, 0.1) is 23.7 Å². The molecule has 34 heavy (non-hydrogen) atoms. The van der Waals surface area contributed by atoms with Crippen LogP contribution < -0.4 is 5.73 Å². The van der Waals surface area contributed by atoms with Gasteiger partial charge in [0.15, 0.2) is 0 Å². The molecule has 1 unspecified atom stereocenters. The topological polar surface area (TPSA) is 107 Å². The average molecular weight is 499 g/mol. The molecule has 0 aliphatic heterocycles. The molecule has 198 valence electrons. The lowest BCUT2D eigenvalue weighted by Gasteiger charge is -2.19. The molecule has 0 heterocycles. The Morgan fingerprint density at radius 1 is 1.15 bits per heavy atom. The summed E-state index contributed by atoms with van der Waals surface area (Å²) in [5, 5.41) is 30.8. The number of hydrogen-bond acceptors (Lipinski definition) is 7. The highest BCUT2D eigenvalue weighted by atomic mass is 32.2. The minimum Gasteiger partial charge on any atom is -0.393 e. The van der Waals surface area contributed by atoms with E-state index >= 15 is 0 Å². The van der Waals surface area contributed by atoms with E-state index in [9.17, 15) is 20.1 Å². The number of aliphatic hydroxyl groups is 3. The lowest BCUT2D eigenvalue weighted by molar-refractivity contribution is -0.119. The van der Waals surface area contributed by atoms with Crippen molar-refractivity contribution in [3.8, 4) is 0 Å². The molecule has 0 saturated heterocycles. The van der Waals surface area contributed by atoms with Gasteiger partial charge in [0.1, 0.15) is 5.78 Å². The van der Waals surface area contributed by atoms with Gasteiger partial charge in [-0.25, -0.2) is 0 Å². The second-order valence-electron chi connectivity index (χ2n) is 9.97. The fourth-order valence-corrected chi connectivity index (χ4v) is 5.35. The summed E-state index contributed by atoms with van der Waals surface area (Å²) in [4.78, 5) is 14.3. The number of allylic oxidation sites excluding steroid dienone is 2. The minimum absolute atomic E-state index is 0.0468. The Kier molecular flexibility index (Phi) is 17.1. The molecular formula is C27H50N2O4S. The molecule has 1 fully saturated rings. The van der Waals surface area contributed by atoms with Gasteiger partial charge in [-0.3, -0.25) is 4.79 Å². The van der Waals surface area contributed by atoms with Gasteiger partial charge in [0.2, 0.25) is 0 Å². The smallest absolute Gasteiger partial charge is 0.135 e. The number of nitrogens with zero attached hydrogens (tertiary/aromatic N) is 1. The summed E-state index contributed by atoms with van der Waals surface area (Å²) >= 11 is 1.67. The first-order valence-electron chi connectivity index (χ1n) is 13.2. The van der Waals surface area contributed by atoms with E-state index in [0.29, 0.717) is 25.7 Å². The number of aliphatic hydroxyl groups excluding tert-OH is 3. The van der Waals surface area contributed by atoms with Crippen LogP contribution in [-0.2, 0) is 4.79 Å². The Balaban J connectivity index is 2.29. The van der Waals surface area contributed by atoms with Gasteiger partial charge in [-0.1, -0.05) is 50.5 Å². The van der Waals surface area contributed by atoms with Gasteiger partial charge < -0.3 is 26.0 Å². The molecule has 0 amide bonds. The molecule has 0 bridgehead atoms. The van der Waals surface area contributed by atoms with Crippen LogP contribution in [-0.4, -0.2) is 76.1 Å². The third-order valence-corrected chi connectivity index (χ3v) is 7.61. The number of carbonyl (C=O) groups is 1. The molecule has 6 nitrogen and oxygen atoms in total. The third kappa shape index (κ3) is 14.0. The van der Waals surface area contributed by atoms with Crippen LogP contribution in [0.2, 0.25) is 0 Å². The maximum atomic E-state index is 12.2. The van der Waals surface area contributed by atoms with Crippen molar-refractivity contribution in [2.45, 2.75) is 101 Å². The monoisotopic (exact) mass is 498 g/mol. The molecule has 1 rings (SSSR count). The minimum atomic E-state index is -0.574. The number of carbonyl (C=O) groups excluding carboxylic acids is 1. The van der Waals surface area contributed by atoms with E-state index in [1.807, 2.05) is 6.08 Å². The fourth-order valence-electron chi connectivity index (χ4n) is 4.45. The van der Waals surface area contributed by atoms with E-state index in [1.54, 1.807) is 17.8 Å². The summed E-state index contributed by atoms with van der Waals surface area (Å²) in [6.45, 7) is 3.17. The molecule has 1 aliphatic carbocycles. The summed E-state index contributed by atoms with van der Waals surface area (Å²) in [5.74, 6) is 1.01. The predicted octanol–water partition coefficient (Wildman–Crippen LogP) is 3.89. The third-order valence-electron chi connectivity index (χ3n) is 6.49. The van der Waals surface area contributed by atoms with Crippen LogP contribution in [0.15, 0.2) is 24.3 Å². The van der Waals surface area contributed by atoms with Crippen molar-refractivity contribution in [2.75, 3.05) is 26.4 Å². The van der Waals surface area contributed by atoms with Crippen molar-refractivity contribution in [3.05, 3.63) is 24.3 Å². The fraction of sp³-hybridized carbons (Fsp3) is 0.815. The number of ketones is 1. The van der Waals surface area contributed by atoms with Crippen LogP contribution in [0.1, 0.15) is 77.6 Å². The van der Waals surface area contributed by atoms with Crippen LogP contribution in [0.3, 0.4) is 0 Å². The number of Topliss-reactive ketones (excluding diaryl/α,β-unsaturated/α-hetero) is 1. The summed E-state index contributed by atoms with van der Waals surface area (Å²) < 4.78 is 0. The van der Waals surface area contributed by atoms with Gasteiger partial charge >= 0.3 is 0 Å². The van der Waals surface area contributed by atoms with Crippen molar-refractivity contribution in [3.63, 3.8) is 0 Å².